The number of benzene rings is 2. The van der Waals surface area contributed by atoms with Crippen LogP contribution in [0.4, 0.5) is 0 Å². The molecular weight excluding hydrogens is 418 g/mol. The van der Waals surface area contributed by atoms with Crippen LogP contribution in [0, 0.1) is 0 Å². The predicted molar refractivity (Wildman–Crippen MR) is 109 cm³/mol. The van der Waals surface area contributed by atoms with Crippen molar-refractivity contribution in [1.29, 1.82) is 0 Å². The normalized spacial score (nSPS) is 15.2. The van der Waals surface area contributed by atoms with Gasteiger partial charge in [0.15, 0.2) is 0 Å². The molecule has 0 unspecified atom stereocenters. The van der Waals surface area contributed by atoms with Crippen LogP contribution in [-0.4, -0.2) is 36.0 Å². The molecular formula is C19H18ClN3O3S2. The van der Waals surface area contributed by atoms with Crippen LogP contribution in [0.1, 0.15) is 18.4 Å². The molecule has 0 radical (unpaired) electrons. The number of hydrogen-bond donors (Lipinski definition) is 0. The topological polar surface area (TPSA) is 76.3 Å². The van der Waals surface area contributed by atoms with Gasteiger partial charge in [-0.15, -0.1) is 10.2 Å². The van der Waals surface area contributed by atoms with E-state index in [9.17, 15) is 8.42 Å². The molecule has 0 bridgehead atoms. The highest BCUT2D eigenvalue weighted by molar-refractivity contribution is 7.98. The van der Waals surface area contributed by atoms with Crippen LogP contribution in [0.5, 0.6) is 0 Å². The van der Waals surface area contributed by atoms with Gasteiger partial charge in [-0.3, -0.25) is 0 Å². The average molecular weight is 436 g/mol. The van der Waals surface area contributed by atoms with E-state index in [-0.39, 0.29) is 4.90 Å². The second kappa shape index (κ2) is 8.24. The maximum atomic E-state index is 12.6. The quantitative estimate of drug-likeness (QED) is 0.532. The van der Waals surface area contributed by atoms with E-state index >= 15 is 0 Å². The lowest BCUT2D eigenvalue weighted by molar-refractivity contribution is 0.465. The Kier molecular flexibility index (Phi) is 5.73. The second-order valence-electron chi connectivity index (χ2n) is 6.42. The number of nitrogens with zero attached hydrogens (tertiary/aromatic N) is 3. The molecule has 0 saturated carbocycles. The largest absolute Gasteiger partial charge is 0.411 e. The minimum absolute atomic E-state index is 0.287. The summed E-state index contributed by atoms with van der Waals surface area (Å²) in [5.41, 5.74) is 1.79. The van der Waals surface area contributed by atoms with Gasteiger partial charge < -0.3 is 4.42 Å². The Balaban J connectivity index is 1.44. The van der Waals surface area contributed by atoms with E-state index in [1.165, 1.54) is 16.1 Å². The maximum absolute atomic E-state index is 12.6. The fraction of sp³-hybridized carbons (Fsp3) is 0.263. The molecule has 1 saturated heterocycles. The summed E-state index contributed by atoms with van der Waals surface area (Å²) in [5, 5.41) is 9.27. The monoisotopic (exact) mass is 435 g/mol. The fourth-order valence-corrected chi connectivity index (χ4v) is 5.32. The van der Waals surface area contributed by atoms with Gasteiger partial charge in [0, 0.05) is 29.4 Å². The van der Waals surface area contributed by atoms with Crippen molar-refractivity contribution < 1.29 is 12.8 Å². The number of rotatable bonds is 6. The average Bonchev–Trinajstić information content (AvgIpc) is 3.40. The molecule has 0 N–H and O–H groups in total. The van der Waals surface area contributed by atoms with E-state index in [2.05, 4.69) is 10.2 Å². The van der Waals surface area contributed by atoms with Gasteiger partial charge in [-0.25, -0.2) is 8.42 Å². The fourth-order valence-electron chi connectivity index (χ4n) is 2.96. The predicted octanol–water partition coefficient (Wildman–Crippen LogP) is 4.47. The standard InChI is InChI=1S/C19H18ClN3O3S2/c20-16-7-3-14(4-8-16)13-27-19-22-21-18(26-19)15-5-9-17(10-6-15)28(24,25)23-11-1-2-12-23/h3-10H,1-2,11-13H2. The summed E-state index contributed by atoms with van der Waals surface area (Å²) in [6, 6.07) is 14.2. The van der Waals surface area contributed by atoms with Crippen molar-refractivity contribution in [3.63, 3.8) is 0 Å². The number of thioether (sulfide) groups is 1. The van der Waals surface area contributed by atoms with Crippen LogP contribution in [0.3, 0.4) is 0 Å². The van der Waals surface area contributed by atoms with E-state index in [4.69, 9.17) is 16.0 Å². The van der Waals surface area contributed by atoms with E-state index in [1.807, 2.05) is 24.3 Å². The first kappa shape index (κ1) is 19.4. The molecule has 6 nitrogen and oxygen atoms in total. The number of halogens is 1. The summed E-state index contributed by atoms with van der Waals surface area (Å²) in [7, 11) is -3.42. The Morgan fingerprint density at radius 1 is 1.00 bits per heavy atom. The van der Waals surface area contributed by atoms with Gasteiger partial charge in [0.25, 0.3) is 5.22 Å². The lowest BCUT2D eigenvalue weighted by atomic mass is 10.2. The van der Waals surface area contributed by atoms with Crippen molar-refractivity contribution in [1.82, 2.24) is 14.5 Å². The molecule has 146 valence electrons. The van der Waals surface area contributed by atoms with Crippen LogP contribution in [0.2, 0.25) is 5.02 Å². The van der Waals surface area contributed by atoms with Gasteiger partial charge in [-0.05, 0) is 54.8 Å². The molecule has 4 rings (SSSR count). The first-order valence-electron chi connectivity index (χ1n) is 8.84. The summed E-state index contributed by atoms with van der Waals surface area (Å²) in [6.07, 6.45) is 1.82. The summed E-state index contributed by atoms with van der Waals surface area (Å²) in [4.78, 5) is 0.287. The molecule has 1 aliphatic rings. The molecule has 0 spiro atoms. The van der Waals surface area contributed by atoms with Crippen molar-refractivity contribution in [3.8, 4) is 11.5 Å². The van der Waals surface area contributed by atoms with Crippen LogP contribution < -0.4 is 0 Å². The van der Waals surface area contributed by atoms with Crippen LogP contribution in [0.25, 0.3) is 11.5 Å². The van der Waals surface area contributed by atoms with Gasteiger partial charge in [-0.1, -0.05) is 35.5 Å². The minimum Gasteiger partial charge on any atom is -0.411 e. The Hall–Kier alpha value is -1.87. The van der Waals surface area contributed by atoms with Gasteiger partial charge >= 0.3 is 0 Å². The highest BCUT2D eigenvalue weighted by Crippen LogP contribution is 2.28. The minimum atomic E-state index is -3.42. The van der Waals surface area contributed by atoms with Gasteiger partial charge in [0.2, 0.25) is 15.9 Å². The highest BCUT2D eigenvalue weighted by atomic mass is 35.5. The molecule has 28 heavy (non-hydrogen) atoms. The lowest BCUT2D eigenvalue weighted by Crippen LogP contribution is -2.27. The summed E-state index contributed by atoms with van der Waals surface area (Å²) in [6.45, 7) is 1.17. The van der Waals surface area contributed by atoms with E-state index in [0.717, 1.165) is 18.4 Å². The molecule has 3 aromatic rings. The summed E-state index contributed by atoms with van der Waals surface area (Å²) >= 11 is 7.32. The van der Waals surface area contributed by atoms with Gasteiger partial charge in [0.1, 0.15) is 0 Å². The van der Waals surface area contributed by atoms with Gasteiger partial charge in [0.05, 0.1) is 4.90 Å². The number of aromatic nitrogens is 2. The Morgan fingerprint density at radius 2 is 1.68 bits per heavy atom. The third kappa shape index (κ3) is 4.25. The van der Waals surface area contributed by atoms with E-state index in [1.54, 1.807) is 24.3 Å². The molecule has 1 aromatic heterocycles. The molecule has 1 fully saturated rings. The van der Waals surface area contributed by atoms with Crippen LogP contribution in [-0.2, 0) is 15.8 Å². The van der Waals surface area contributed by atoms with Crippen LogP contribution in [0.15, 0.2) is 63.1 Å². The molecule has 2 aromatic carbocycles. The zero-order valence-electron chi connectivity index (χ0n) is 14.9. The maximum Gasteiger partial charge on any atom is 0.277 e. The molecule has 0 atom stereocenters. The number of sulfonamides is 1. The first-order chi connectivity index (χ1) is 13.5. The van der Waals surface area contributed by atoms with Crippen molar-refractivity contribution >= 4 is 33.4 Å². The third-order valence-corrected chi connectivity index (χ3v) is 7.54. The molecule has 0 aliphatic carbocycles. The Bertz CT molecular complexity index is 1040. The number of hydrogen-bond acceptors (Lipinski definition) is 6. The molecule has 9 heteroatoms. The van der Waals surface area contributed by atoms with E-state index < -0.39 is 10.0 Å². The third-order valence-electron chi connectivity index (χ3n) is 4.49. The first-order valence-corrected chi connectivity index (χ1v) is 11.6. The van der Waals surface area contributed by atoms with E-state index in [0.29, 0.717) is 40.5 Å². The van der Waals surface area contributed by atoms with Crippen LogP contribution >= 0.6 is 23.4 Å². The van der Waals surface area contributed by atoms with Crippen molar-refractivity contribution in [2.45, 2.75) is 28.7 Å². The summed E-state index contributed by atoms with van der Waals surface area (Å²) < 4.78 is 32.4. The second-order valence-corrected chi connectivity index (χ2v) is 9.72. The highest BCUT2D eigenvalue weighted by Gasteiger charge is 2.27. The van der Waals surface area contributed by atoms with Crippen molar-refractivity contribution in [3.05, 3.63) is 59.1 Å². The van der Waals surface area contributed by atoms with Crippen molar-refractivity contribution in [2.75, 3.05) is 13.1 Å². The lowest BCUT2D eigenvalue weighted by Gasteiger charge is -2.15. The molecule has 1 aliphatic heterocycles. The Labute approximate surface area is 173 Å². The molecule has 0 amide bonds. The summed E-state index contributed by atoms with van der Waals surface area (Å²) in [5.74, 6) is 1.05. The zero-order chi connectivity index (χ0) is 19.6. The van der Waals surface area contributed by atoms with Gasteiger partial charge in [-0.2, -0.15) is 4.31 Å². The zero-order valence-corrected chi connectivity index (χ0v) is 17.3. The molecule has 2 heterocycles. The SMILES string of the molecule is O=S(=O)(c1ccc(-c2nnc(SCc3ccc(Cl)cc3)o2)cc1)N1CCCC1. The smallest absolute Gasteiger partial charge is 0.277 e. The van der Waals surface area contributed by atoms with Crippen molar-refractivity contribution in [2.24, 2.45) is 0 Å². The Morgan fingerprint density at radius 3 is 2.36 bits per heavy atom.